The van der Waals surface area contributed by atoms with Crippen LogP contribution in [-0.2, 0) is 6.42 Å². The molecule has 1 N–H and O–H groups in total. The van der Waals surface area contributed by atoms with E-state index >= 15 is 0 Å². The van der Waals surface area contributed by atoms with Crippen molar-refractivity contribution in [1.82, 2.24) is 4.98 Å². The van der Waals surface area contributed by atoms with Gasteiger partial charge in [-0.2, -0.15) is 0 Å². The molecule has 0 saturated carbocycles. The fraction of sp³-hybridized carbons (Fsp3) is 0.0952. The Bertz CT molecular complexity index is 1090. The fourth-order valence-electron chi connectivity index (χ4n) is 3.20. The molecule has 0 aliphatic heterocycles. The molecular weight excluding hydrogens is 353 g/mol. The van der Waals surface area contributed by atoms with Crippen molar-refractivity contribution < 1.29 is 5.11 Å². The summed E-state index contributed by atoms with van der Waals surface area (Å²) in [6, 6.07) is 19.9. The van der Waals surface area contributed by atoms with E-state index in [1.807, 2.05) is 30.3 Å². The molecule has 0 radical (unpaired) electrons. The Balaban J connectivity index is 2.05. The third-order valence-electron chi connectivity index (χ3n) is 4.39. The molecule has 1 heterocycles. The van der Waals surface area contributed by atoms with E-state index in [1.165, 1.54) is 5.39 Å². The van der Waals surface area contributed by atoms with Crippen molar-refractivity contribution in [1.29, 1.82) is 0 Å². The van der Waals surface area contributed by atoms with Crippen LogP contribution in [0.1, 0.15) is 5.56 Å². The first-order valence-electron chi connectivity index (χ1n) is 8.05. The minimum atomic E-state index is 0.0448. The van der Waals surface area contributed by atoms with Crippen LogP contribution in [0.2, 0.25) is 10.0 Å². The van der Waals surface area contributed by atoms with Crippen LogP contribution < -0.4 is 0 Å². The number of nitrogens with zero attached hydrogens (tertiary/aromatic N) is 1. The van der Waals surface area contributed by atoms with Crippen LogP contribution >= 0.6 is 23.2 Å². The second-order valence-corrected chi connectivity index (χ2v) is 6.71. The largest absolute Gasteiger partial charge is 0.396 e. The summed E-state index contributed by atoms with van der Waals surface area (Å²) in [6.07, 6.45) is 0.504. The molecule has 3 aromatic carbocycles. The van der Waals surface area contributed by atoms with Gasteiger partial charge in [0.05, 0.1) is 21.3 Å². The molecule has 0 amide bonds. The van der Waals surface area contributed by atoms with Gasteiger partial charge in [0.25, 0.3) is 0 Å². The highest BCUT2D eigenvalue weighted by Crippen LogP contribution is 2.36. The van der Waals surface area contributed by atoms with Gasteiger partial charge in [0.15, 0.2) is 0 Å². The third kappa shape index (κ3) is 2.87. The summed E-state index contributed by atoms with van der Waals surface area (Å²) >= 11 is 12.6. The van der Waals surface area contributed by atoms with E-state index in [4.69, 9.17) is 28.2 Å². The van der Waals surface area contributed by atoms with E-state index in [-0.39, 0.29) is 6.61 Å². The number of rotatable bonds is 3. The highest BCUT2D eigenvalue weighted by molar-refractivity contribution is 6.43. The standard InChI is InChI=1S/C21H15Cl2NO/c22-18-7-3-6-16(20(18)23)21-14(10-11-25)12-17-15-5-2-1-4-13(15)8-9-19(17)24-21/h1-9,12,25H,10-11H2. The zero-order chi connectivity index (χ0) is 17.4. The first-order chi connectivity index (χ1) is 12.2. The maximum Gasteiger partial charge on any atom is 0.0758 e. The molecule has 25 heavy (non-hydrogen) atoms. The van der Waals surface area contributed by atoms with Gasteiger partial charge in [0.1, 0.15) is 0 Å². The smallest absolute Gasteiger partial charge is 0.0758 e. The third-order valence-corrected chi connectivity index (χ3v) is 5.21. The van der Waals surface area contributed by atoms with E-state index in [1.54, 1.807) is 6.07 Å². The van der Waals surface area contributed by atoms with E-state index in [0.29, 0.717) is 16.5 Å². The predicted molar refractivity (Wildman–Crippen MR) is 105 cm³/mol. The highest BCUT2D eigenvalue weighted by Gasteiger charge is 2.15. The molecule has 124 valence electrons. The Labute approximate surface area is 155 Å². The van der Waals surface area contributed by atoms with E-state index in [9.17, 15) is 5.11 Å². The van der Waals surface area contributed by atoms with Crippen molar-refractivity contribution in [3.05, 3.63) is 76.3 Å². The summed E-state index contributed by atoms with van der Waals surface area (Å²) in [6.45, 7) is 0.0448. The molecule has 0 spiro atoms. The van der Waals surface area contributed by atoms with Gasteiger partial charge in [0, 0.05) is 17.6 Å². The summed E-state index contributed by atoms with van der Waals surface area (Å²) in [5, 5.41) is 13.9. The second-order valence-electron chi connectivity index (χ2n) is 5.92. The lowest BCUT2D eigenvalue weighted by Crippen LogP contribution is -1.99. The number of hydrogen-bond acceptors (Lipinski definition) is 2. The van der Waals surface area contributed by atoms with Gasteiger partial charge in [-0.1, -0.05) is 65.7 Å². The molecule has 1 aromatic heterocycles. The number of fused-ring (bicyclic) bond motifs is 3. The zero-order valence-corrected chi connectivity index (χ0v) is 14.8. The lowest BCUT2D eigenvalue weighted by Gasteiger charge is -2.13. The first-order valence-corrected chi connectivity index (χ1v) is 8.81. The van der Waals surface area contributed by atoms with Gasteiger partial charge in [-0.05, 0) is 41.0 Å². The topological polar surface area (TPSA) is 33.1 Å². The molecular formula is C21H15Cl2NO. The number of aliphatic hydroxyl groups excluding tert-OH is 1. The minimum absolute atomic E-state index is 0.0448. The Kier molecular flexibility index (Phi) is 4.34. The summed E-state index contributed by atoms with van der Waals surface area (Å²) in [4.78, 5) is 4.86. The van der Waals surface area contributed by atoms with Gasteiger partial charge in [0.2, 0.25) is 0 Å². The number of hydrogen-bond donors (Lipinski definition) is 1. The average molecular weight is 368 g/mol. The van der Waals surface area contributed by atoms with Crippen LogP contribution in [-0.4, -0.2) is 16.7 Å². The molecule has 0 bridgehead atoms. The molecule has 0 unspecified atom stereocenters. The SMILES string of the molecule is OCCc1cc2c(ccc3ccccc32)nc1-c1cccc(Cl)c1Cl. The van der Waals surface area contributed by atoms with Gasteiger partial charge >= 0.3 is 0 Å². The summed E-state index contributed by atoms with van der Waals surface area (Å²) in [7, 11) is 0. The van der Waals surface area contributed by atoms with Crippen molar-refractivity contribution in [2.24, 2.45) is 0 Å². The van der Waals surface area contributed by atoms with Gasteiger partial charge < -0.3 is 5.11 Å². The molecule has 2 nitrogen and oxygen atoms in total. The van der Waals surface area contributed by atoms with E-state index in [2.05, 4.69) is 24.3 Å². The van der Waals surface area contributed by atoms with E-state index < -0.39 is 0 Å². The van der Waals surface area contributed by atoms with Crippen LogP contribution in [0.5, 0.6) is 0 Å². The molecule has 0 fully saturated rings. The number of halogens is 2. The van der Waals surface area contributed by atoms with Crippen molar-refractivity contribution >= 4 is 44.9 Å². The second kappa shape index (κ2) is 6.64. The Hall–Kier alpha value is -2.13. The molecule has 4 aromatic rings. The van der Waals surface area contributed by atoms with Gasteiger partial charge in [-0.3, -0.25) is 0 Å². The number of pyridine rings is 1. The summed E-state index contributed by atoms with van der Waals surface area (Å²) < 4.78 is 0. The van der Waals surface area contributed by atoms with Crippen LogP contribution in [0.15, 0.2) is 60.7 Å². The Morgan fingerprint density at radius 2 is 1.72 bits per heavy atom. The number of benzene rings is 3. The van der Waals surface area contributed by atoms with Gasteiger partial charge in [-0.25, -0.2) is 4.98 Å². The monoisotopic (exact) mass is 367 g/mol. The maximum atomic E-state index is 9.51. The molecule has 0 aliphatic rings. The van der Waals surface area contributed by atoms with Crippen LogP contribution in [0.3, 0.4) is 0 Å². The zero-order valence-electron chi connectivity index (χ0n) is 13.3. The Morgan fingerprint density at radius 3 is 2.56 bits per heavy atom. The Morgan fingerprint density at radius 1 is 0.880 bits per heavy atom. The minimum Gasteiger partial charge on any atom is -0.396 e. The molecule has 4 rings (SSSR count). The quantitative estimate of drug-likeness (QED) is 0.457. The normalized spacial score (nSPS) is 11.3. The predicted octanol–water partition coefficient (Wildman–Crippen LogP) is 5.90. The first kappa shape index (κ1) is 16.3. The van der Waals surface area contributed by atoms with Crippen molar-refractivity contribution in [2.75, 3.05) is 6.61 Å². The van der Waals surface area contributed by atoms with Crippen LogP contribution in [0.25, 0.3) is 32.9 Å². The number of aromatic nitrogens is 1. The van der Waals surface area contributed by atoms with Crippen LogP contribution in [0.4, 0.5) is 0 Å². The van der Waals surface area contributed by atoms with Crippen molar-refractivity contribution in [2.45, 2.75) is 6.42 Å². The number of aliphatic hydroxyl groups is 1. The fourth-order valence-corrected chi connectivity index (χ4v) is 3.59. The highest BCUT2D eigenvalue weighted by atomic mass is 35.5. The molecule has 0 atom stereocenters. The summed E-state index contributed by atoms with van der Waals surface area (Å²) in [5.41, 5.74) is 3.40. The molecule has 4 heteroatoms. The van der Waals surface area contributed by atoms with E-state index in [0.717, 1.165) is 33.1 Å². The van der Waals surface area contributed by atoms with Gasteiger partial charge in [-0.15, -0.1) is 0 Å². The molecule has 0 aliphatic carbocycles. The van der Waals surface area contributed by atoms with Crippen molar-refractivity contribution in [3.8, 4) is 11.3 Å². The maximum absolute atomic E-state index is 9.51. The summed E-state index contributed by atoms with van der Waals surface area (Å²) in [5.74, 6) is 0. The average Bonchev–Trinajstić information content (AvgIpc) is 2.64. The van der Waals surface area contributed by atoms with Crippen molar-refractivity contribution in [3.63, 3.8) is 0 Å². The molecule has 0 saturated heterocycles. The van der Waals surface area contributed by atoms with Crippen LogP contribution in [0, 0.1) is 0 Å². The lowest BCUT2D eigenvalue weighted by molar-refractivity contribution is 0.299. The lowest BCUT2D eigenvalue weighted by atomic mass is 9.98.